The number of carbonyl (C=O) groups is 1. The van der Waals surface area contributed by atoms with E-state index >= 15 is 0 Å². The Morgan fingerprint density at radius 1 is 1.15 bits per heavy atom. The molecule has 1 amide bonds. The largest absolute Gasteiger partial charge is 0.336 e. The predicted molar refractivity (Wildman–Crippen MR) is 108 cm³/mol. The molecule has 5 nitrogen and oxygen atoms in total. The van der Waals surface area contributed by atoms with Crippen LogP contribution in [0.4, 0.5) is 10.8 Å². The zero-order valence-corrected chi connectivity index (χ0v) is 15.9. The average molecular weight is 385 g/mol. The van der Waals surface area contributed by atoms with E-state index in [4.69, 9.17) is 0 Å². The van der Waals surface area contributed by atoms with Crippen LogP contribution in [0.5, 0.6) is 0 Å². The first-order chi connectivity index (χ1) is 12.7. The van der Waals surface area contributed by atoms with Crippen LogP contribution >= 0.6 is 22.7 Å². The summed E-state index contributed by atoms with van der Waals surface area (Å²) in [4.78, 5) is 21.4. The molecule has 2 aromatic heterocycles. The quantitative estimate of drug-likeness (QED) is 0.715. The molecule has 2 aliphatic rings. The van der Waals surface area contributed by atoms with Gasteiger partial charge in [-0.1, -0.05) is 29.5 Å². The second kappa shape index (κ2) is 6.64. The van der Waals surface area contributed by atoms with Crippen LogP contribution in [0.25, 0.3) is 9.53 Å². The van der Waals surface area contributed by atoms with Crippen LogP contribution in [0, 0.1) is 0 Å². The standard InChI is InChI=1S/C19H20N4OS2/c24-18(23-9-8-13-6-7-14(11-23)20-13)16-10-15-17(25-16)22-19(26-15)21-12-4-2-1-3-5-12/h1-5,10,13-14,20H,6-9,11H2,(H,21,22). The lowest BCUT2D eigenvalue weighted by atomic mass is 10.1. The van der Waals surface area contributed by atoms with E-state index in [9.17, 15) is 4.79 Å². The van der Waals surface area contributed by atoms with E-state index in [1.165, 1.54) is 24.2 Å². The number of nitrogens with one attached hydrogen (secondary N) is 2. The number of nitrogens with zero attached hydrogens (tertiary/aromatic N) is 2. The van der Waals surface area contributed by atoms with Crippen molar-refractivity contribution in [2.75, 3.05) is 18.4 Å². The molecule has 0 spiro atoms. The van der Waals surface area contributed by atoms with Crippen molar-refractivity contribution in [3.63, 3.8) is 0 Å². The third-order valence-electron chi connectivity index (χ3n) is 5.14. The lowest BCUT2D eigenvalue weighted by Crippen LogP contribution is -2.38. The van der Waals surface area contributed by atoms with Gasteiger partial charge in [0.05, 0.1) is 9.58 Å². The fourth-order valence-corrected chi connectivity index (χ4v) is 5.93. The van der Waals surface area contributed by atoms with Gasteiger partial charge in [0, 0.05) is 30.9 Å². The Morgan fingerprint density at radius 3 is 2.85 bits per heavy atom. The number of carbonyl (C=O) groups excluding carboxylic acids is 1. The monoisotopic (exact) mass is 384 g/mol. The molecule has 3 aromatic rings. The van der Waals surface area contributed by atoms with Crippen LogP contribution in [0.1, 0.15) is 28.9 Å². The summed E-state index contributed by atoms with van der Waals surface area (Å²) in [6.07, 6.45) is 3.50. The summed E-state index contributed by atoms with van der Waals surface area (Å²) in [5, 5.41) is 7.83. The molecule has 0 aliphatic carbocycles. The molecular formula is C19H20N4OS2. The zero-order valence-electron chi connectivity index (χ0n) is 14.3. The van der Waals surface area contributed by atoms with Gasteiger partial charge in [0.25, 0.3) is 5.91 Å². The van der Waals surface area contributed by atoms with Crippen LogP contribution in [0.3, 0.4) is 0 Å². The molecule has 0 saturated carbocycles. The molecule has 4 heterocycles. The first kappa shape index (κ1) is 16.2. The highest BCUT2D eigenvalue weighted by molar-refractivity contribution is 7.29. The van der Waals surface area contributed by atoms with Gasteiger partial charge in [-0.05, 0) is 37.5 Å². The molecule has 26 heavy (non-hydrogen) atoms. The Balaban J connectivity index is 1.33. The van der Waals surface area contributed by atoms with Crippen LogP contribution in [-0.4, -0.2) is 41.0 Å². The summed E-state index contributed by atoms with van der Waals surface area (Å²) in [7, 11) is 0. The molecule has 1 aromatic carbocycles. The van der Waals surface area contributed by atoms with Gasteiger partial charge in [-0.3, -0.25) is 4.79 Å². The zero-order chi connectivity index (χ0) is 17.5. The second-order valence-electron chi connectivity index (χ2n) is 6.97. The number of likely N-dealkylation sites (tertiary alicyclic amines) is 1. The summed E-state index contributed by atoms with van der Waals surface area (Å²) in [5.41, 5.74) is 1.03. The minimum absolute atomic E-state index is 0.159. The average Bonchev–Trinajstić information content (AvgIpc) is 3.28. The lowest BCUT2D eigenvalue weighted by Gasteiger charge is -2.23. The number of para-hydroxylation sites is 1. The maximum atomic E-state index is 12.9. The highest BCUT2D eigenvalue weighted by atomic mass is 32.1. The van der Waals surface area contributed by atoms with Crippen molar-refractivity contribution in [3.05, 3.63) is 41.3 Å². The lowest BCUT2D eigenvalue weighted by molar-refractivity contribution is 0.0753. The number of amides is 1. The molecule has 2 N–H and O–H groups in total. The van der Waals surface area contributed by atoms with E-state index in [1.807, 2.05) is 41.3 Å². The van der Waals surface area contributed by atoms with Crippen molar-refractivity contribution < 1.29 is 4.79 Å². The third kappa shape index (κ3) is 3.11. The van der Waals surface area contributed by atoms with Gasteiger partial charge >= 0.3 is 0 Å². The van der Waals surface area contributed by atoms with Gasteiger partial charge in [0.1, 0.15) is 4.83 Å². The van der Waals surface area contributed by atoms with Gasteiger partial charge in [0.2, 0.25) is 0 Å². The minimum atomic E-state index is 0.159. The fourth-order valence-electron chi connectivity index (χ4n) is 3.82. The smallest absolute Gasteiger partial charge is 0.264 e. The van der Waals surface area contributed by atoms with Gasteiger partial charge in [-0.15, -0.1) is 11.3 Å². The van der Waals surface area contributed by atoms with E-state index in [2.05, 4.69) is 15.6 Å². The van der Waals surface area contributed by atoms with Crippen molar-refractivity contribution in [3.8, 4) is 0 Å². The van der Waals surface area contributed by atoms with E-state index in [-0.39, 0.29) is 5.91 Å². The summed E-state index contributed by atoms with van der Waals surface area (Å²) in [5.74, 6) is 0.159. The topological polar surface area (TPSA) is 57.3 Å². The number of hydrogen-bond acceptors (Lipinski definition) is 6. The van der Waals surface area contributed by atoms with Crippen molar-refractivity contribution >= 4 is 48.9 Å². The number of benzene rings is 1. The predicted octanol–water partition coefficient (Wildman–Crippen LogP) is 4.07. The Morgan fingerprint density at radius 2 is 2.00 bits per heavy atom. The van der Waals surface area contributed by atoms with Gasteiger partial charge in [0.15, 0.2) is 5.13 Å². The van der Waals surface area contributed by atoms with Crippen LogP contribution in [0.15, 0.2) is 36.4 Å². The Bertz CT molecular complexity index is 904. The molecule has 134 valence electrons. The second-order valence-corrected chi connectivity index (χ2v) is 9.03. The molecule has 5 rings (SSSR count). The minimum Gasteiger partial charge on any atom is -0.336 e. The first-order valence-electron chi connectivity index (χ1n) is 9.02. The number of rotatable bonds is 3. The van der Waals surface area contributed by atoms with Gasteiger partial charge in [-0.25, -0.2) is 4.98 Å². The SMILES string of the molecule is O=C(c1cc2sc(Nc3ccccc3)nc2s1)N1CCC2CCC(C1)N2. The molecule has 2 fully saturated rings. The summed E-state index contributed by atoms with van der Waals surface area (Å²) in [6.45, 7) is 1.68. The highest BCUT2D eigenvalue weighted by Crippen LogP contribution is 2.35. The van der Waals surface area contributed by atoms with Gasteiger partial charge in [-0.2, -0.15) is 0 Å². The molecule has 0 radical (unpaired) electrons. The number of thiophene rings is 1. The normalized spacial score (nSPS) is 22.5. The summed E-state index contributed by atoms with van der Waals surface area (Å²) < 4.78 is 1.08. The molecule has 7 heteroatoms. The van der Waals surface area contributed by atoms with Crippen LogP contribution < -0.4 is 10.6 Å². The summed E-state index contributed by atoms with van der Waals surface area (Å²) >= 11 is 3.10. The van der Waals surface area contributed by atoms with Crippen molar-refractivity contribution in [2.24, 2.45) is 0 Å². The molecule has 2 atom stereocenters. The Hall–Kier alpha value is -1.96. The third-order valence-corrected chi connectivity index (χ3v) is 7.20. The number of aromatic nitrogens is 1. The van der Waals surface area contributed by atoms with E-state index in [0.29, 0.717) is 12.1 Å². The number of thiazole rings is 1. The maximum absolute atomic E-state index is 12.9. The molecule has 2 bridgehead atoms. The van der Waals surface area contributed by atoms with Crippen molar-refractivity contribution in [1.29, 1.82) is 0 Å². The van der Waals surface area contributed by atoms with Crippen molar-refractivity contribution in [1.82, 2.24) is 15.2 Å². The fraction of sp³-hybridized carbons (Fsp3) is 0.368. The highest BCUT2D eigenvalue weighted by Gasteiger charge is 2.32. The van der Waals surface area contributed by atoms with Crippen LogP contribution in [0.2, 0.25) is 0 Å². The van der Waals surface area contributed by atoms with Crippen LogP contribution in [-0.2, 0) is 0 Å². The number of anilines is 2. The first-order valence-corrected chi connectivity index (χ1v) is 10.7. The Labute approximate surface area is 160 Å². The van der Waals surface area contributed by atoms with E-state index in [1.54, 1.807) is 11.3 Å². The van der Waals surface area contributed by atoms with E-state index < -0.39 is 0 Å². The molecule has 2 aliphatic heterocycles. The van der Waals surface area contributed by atoms with E-state index in [0.717, 1.165) is 44.7 Å². The molecule has 2 saturated heterocycles. The number of hydrogen-bond donors (Lipinski definition) is 2. The maximum Gasteiger partial charge on any atom is 0.264 e. The van der Waals surface area contributed by atoms with Gasteiger partial charge < -0.3 is 15.5 Å². The molecule has 2 unspecified atom stereocenters. The molecular weight excluding hydrogens is 364 g/mol. The number of fused-ring (bicyclic) bond motifs is 3. The summed E-state index contributed by atoms with van der Waals surface area (Å²) in [6, 6.07) is 13.1. The Kier molecular flexibility index (Phi) is 4.15. The van der Waals surface area contributed by atoms with Crippen molar-refractivity contribution in [2.45, 2.75) is 31.3 Å².